The van der Waals surface area contributed by atoms with Gasteiger partial charge < -0.3 is 19.7 Å². The zero-order valence-corrected chi connectivity index (χ0v) is 21.7. The second-order valence-electron chi connectivity index (χ2n) is 10.4. The van der Waals surface area contributed by atoms with E-state index in [9.17, 15) is 4.79 Å². The van der Waals surface area contributed by atoms with Crippen molar-refractivity contribution >= 4 is 17.7 Å². The van der Waals surface area contributed by atoms with Crippen LogP contribution in [0.4, 0.5) is 5.69 Å². The van der Waals surface area contributed by atoms with E-state index in [1.165, 1.54) is 22.4 Å². The average molecular weight is 483 g/mol. The van der Waals surface area contributed by atoms with E-state index in [1.54, 1.807) is 7.11 Å². The van der Waals surface area contributed by atoms with Gasteiger partial charge in [-0.2, -0.15) is 0 Å². The highest BCUT2D eigenvalue weighted by Gasteiger charge is 2.57. The highest BCUT2D eigenvalue weighted by atomic mass is 16.5. The largest absolute Gasteiger partial charge is 0.493 e. The number of carbonyl (C=O) groups is 1. The van der Waals surface area contributed by atoms with Crippen molar-refractivity contribution in [1.82, 2.24) is 5.32 Å². The maximum atomic E-state index is 12.7. The Bertz CT molecular complexity index is 1330. The topological polar surface area (TPSA) is 50.8 Å². The fourth-order valence-electron chi connectivity index (χ4n) is 5.44. The van der Waals surface area contributed by atoms with Crippen LogP contribution in [0.15, 0.2) is 66.7 Å². The van der Waals surface area contributed by atoms with Crippen LogP contribution in [0.1, 0.15) is 48.1 Å². The first kappa shape index (κ1) is 24.0. The Hall–Kier alpha value is -3.73. The summed E-state index contributed by atoms with van der Waals surface area (Å²) in [6.07, 6.45) is 4.70. The summed E-state index contributed by atoms with van der Waals surface area (Å²) in [5.41, 5.74) is 6.01. The molecule has 0 spiro atoms. The molecule has 2 aliphatic heterocycles. The van der Waals surface area contributed by atoms with Crippen LogP contribution in [0.3, 0.4) is 0 Å². The van der Waals surface area contributed by atoms with Crippen LogP contribution in [-0.2, 0) is 16.8 Å². The molecule has 1 N–H and O–H groups in total. The number of nitrogens with zero attached hydrogens (tertiary/aromatic N) is 1. The van der Waals surface area contributed by atoms with Gasteiger partial charge in [0.15, 0.2) is 11.5 Å². The molecule has 5 rings (SSSR count). The second-order valence-corrected chi connectivity index (χ2v) is 10.4. The van der Waals surface area contributed by atoms with E-state index in [0.29, 0.717) is 31.1 Å². The monoisotopic (exact) mass is 482 g/mol. The van der Waals surface area contributed by atoms with Crippen molar-refractivity contribution < 1.29 is 14.3 Å². The first-order valence-electron chi connectivity index (χ1n) is 12.5. The van der Waals surface area contributed by atoms with E-state index in [4.69, 9.17) is 9.47 Å². The number of hydrogen-bond donors (Lipinski definition) is 1. The third-order valence-electron chi connectivity index (χ3n) is 7.61. The van der Waals surface area contributed by atoms with Gasteiger partial charge in [-0.05, 0) is 54.8 Å². The Labute approximate surface area is 213 Å². The van der Waals surface area contributed by atoms with Gasteiger partial charge in [-0.15, -0.1) is 0 Å². The smallest absolute Gasteiger partial charge is 0.223 e. The maximum absolute atomic E-state index is 12.7. The molecular weight excluding hydrogens is 448 g/mol. The summed E-state index contributed by atoms with van der Waals surface area (Å²) in [5.74, 6) is 1.45. The lowest BCUT2D eigenvalue weighted by atomic mass is 9.74. The number of rotatable bonds is 6. The number of fused-ring (bicyclic) bond motifs is 3. The third kappa shape index (κ3) is 4.02. The highest BCUT2D eigenvalue weighted by molar-refractivity contribution is 5.84. The molecule has 0 aromatic heterocycles. The molecule has 1 saturated heterocycles. The summed E-state index contributed by atoms with van der Waals surface area (Å²) in [6.45, 7) is 9.77. The summed E-state index contributed by atoms with van der Waals surface area (Å²) in [5, 5.41) is 3.35. The van der Waals surface area contributed by atoms with Crippen molar-refractivity contribution in [2.45, 2.75) is 51.8 Å². The average Bonchev–Trinajstić information content (AvgIpc) is 3.05. The van der Waals surface area contributed by atoms with E-state index in [-0.39, 0.29) is 11.3 Å². The van der Waals surface area contributed by atoms with E-state index in [1.807, 2.05) is 18.2 Å². The molecule has 0 aliphatic carbocycles. The minimum absolute atomic E-state index is 0.0749. The third-order valence-corrected chi connectivity index (χ3v) is 7.61. The lowest BCUT2D eigenvalue weighted by Gasteiger charge is -2.49. The van der Waals surface area contributed by atoms with Crippen LogP contribution in [-0.4, -0.2) is 25.2 Å². The van der Waals surface area contributed by atoms with Gasteiger partial charge in [-0.3, -0.25) is 4.79 Å². The lowest BCUT2D eigenvalue weighted by molar-refractivity contribution is -0.124. The van der Waals surface area contributed by atoms with Gasteiger partial charge in [-0.25, -0.2) is 0 Å². The summed E-state index contributed by atoms with van der Waals surface area (Å²) in [4.78, 5) is 15.0. The number of hydrogen-bond acceptors (Lipinski definition) is 4. The summed E-state index contributed by atoms with van der Waals surface area (Å²) >= 11 is 0. The quantitative estimate of drug-likeness (QED) is 0.474. The highest BCUT2D eigenvalue weighted by Crippen LogP contribution is 2.52. The number of ether oxygens (including phenoxy) is 2. The van der Waals surface area contributed by atoms with Gasteiger partial charge in [0.25, 0.3) is 0 Å². The molecule has 3 aromatic rings. The molecule has 0 bridgehead atoms. The first-order valence-corrected chi connectivity index (χ1v) is 12.5. The number of methoxy groups -OCH3 is 1. The zero-order chi connectivity index (χ0) is 25.5. The Kier molecular flexibility index (Phi) is 6.03. The number of aryl methyl sites for hydroxylation is 2. The summed E-state index contributed by atoms with van der Waals surface area (Å²) in [6, 6.07) is 20.8. The molecule has 5 nitrogen and oxygen atoms in total. The fourth-order valence-corrected chi connectivity index (χ4v) is 5.44. The van der Waals surface area contributed by atoms with Crippen LogP contribution in [0.25, 0.3) is 6.08 Å². The molecule has 186 valence electrons. The van der Waals surface area contributed by atoms with Crippen LogP contribution in [0, 0.1) is 13.8 Å². The van der Waals surface area contributed by atoms with Crippen LogP contribution < -0.4 is 19.7 Å². The van der Waals surface area contributed by atoms with Gasteiger partial charge in [0, 0.05) is 24.1 Å². The lowest BCUT2D eigenvalue weighted by Crippen LogP contribution is -2.68. The molecular formula is C31H34N2O3. The first-order chi connectivity index (χ1) is 17.2. The van der Waals surface area contributed by atoms with Crippen molar-refractivity contribution in [1.29, 1.82) is 0 Å². The van der Waals surface area contributed by atoms with Gasteiger partial charge in [0.2, 0.25) is 5.91 Å². The Morgan fingerprint density at radius 3 is 2.47 bits per heavy atom. The number of nitrogens with one attached hydrogen (secondary N) is 1. The second kappa shape index (κ2) is 9.05. The number of anilines is 1. The van der Waals surface area contributed by atoms with Gasteiger partial charge in [0.05, 0.1) is 7.11 Å². The molecule has 0 saturated carbocycles. The molecule has 1 fully saturated rings. The van der Waals surface area contributed by atoms with Crippen LogP contribution >= 0.6 is 0 Å². The summed E-state index contributed by atoms with van der Waals surface area (Å²) in [7, 11) is 1.66. The van der Waals surface area contributed by atoms with Crippen LogP contribution in [0.2, 0.25) is 0 Å². The van der Waals surface area contributed by atoms with E-state index >= 15 is 0 Å². The molecule has 1 amide bonds. The van der Waals surface area contributed by atoms with Crippen LogP contribution in [0.5, 0.6) is 11.5 Å². The molecule has 5 heteroatoms. The van der Waals surface area contributed by atoms with Crippen molar-refractivity contribution in [3.05, 3.63) is 94.6 Å². The summed E-state index contributed by atoms with van der Waals surface area (Å²) < 4.78 is 11.7. The van der Waals surface area contributed by atoms with Crippen molar-refractivity contribution in [2.75, 3.05) is 18.6 Å². The van der Waals surface area contributed by atoms with Gasteiger partial charge >= 0.3 is 0 Å². The SMILES string of the molecule is COc1cc(C=CC23NC(=O)CCN2c2ccc(C)cc2C3(C)C)ccc1OCc1ccc(C)cc1. The van der Waals surface area contributed by atoms with E-state index < -0.39 is 5.66 Å². The fraction of sp³-hybridized carbons (Fsp3) is 0.323. The molecule has 2 aliphatic rings. The van der Waals surface area contributed by atoms with Crippen molar-refractivity contribution in [3.63, 3.8) is 0 Å². The normalized spacial score (nSPS) is 20.1. The standard InChI is InChI=1S/C31H34N2O3/c1-21-6-9-24(10-7-21)20-36-27-13-11-23(19-28(27)35-5)14-16-31-30(3,4)25-18-22(2)8-12-26(25)33(31)17-15-29(34)32-31/h6-14,16,18-19H,15,17,20H2,1-5H3,(H,32,34). The van der Waals surface area contributed by atoms with Gasteiger partial charge in [0.1, 0.15) is 12.3 Å². The van der Waals surface area contributed by atoms with E-state index in [2.05, 4.69) is 92.5 Å². The molecule has 36 heavy (non-hydrogen) atoms. The number of amides is 1. The Balaban J connectivity index is 1.44. The molecule has 1 unspecified atom stereocenters. The van der Waals surface area contributed by atoms with Crippen molar-refractivity contribution in [3.8, 4) is 11.5 Å². The maximum Gasteiger partial charge on any atom is 0.223 e. The number of carbonyl (C=O) groups excluding carboxylic acids is 1. The number of benzene rings is 3. The van der Waals surface area contributed by atoms with E-state index in [0.717, 1.165) is 11.1 Å². The van der Waals surface area contributed by atoms with Crippen molar-refractivity contribution in [2.24, 2.45) is 0 Å². The minimum Gasteiger partial charge on any atom is -0.493 e. The predicted octanol–water partition coefficient (Wildman–Crippen LogP) is 5.92. The molecule has 1 atom stereocenters. The molecule has 2 heterocycles. The minimum atomic E-state index is -0.647. The molecule has 3 aromatic carbocycles. The Morgan fingerprint density at radius 1 is 0.972 bits per heavy atom. The van der Waals surface area contributed by atoms with Gasteiger partial charge in [-0.1, -0.05) is 73.5 Å². The predicted molar refractivity (Wildman–Crippen MR) is 145 cm³/mol. The zero-order valence-electron chi connectivity index (χ0n) is 21.7. The molecule has 0 radical (unpaired) electrons. The Morgan fingerprint density at radius 2 is 1.72 bits per heavy atom.